The van der Waals surface area contributed by atoms with Crippen LogP contribution in [0.4, 0.5) is 0 Å². The average molecular weight is 182 g/mol. The quantitative estimate of drug-likeness (QED) is 0.510. The van der Waals surface area contributed by atoms with Crippen LogP contribution < -0.4 is 0 Å². The topological polar surface area (TPSA) is 0 Å². The SMILES string of the molecule is C/C=C(\CCCC)C(C)(C)CCC. The second kappa shape index (κ2) is 6.23. The fourth-order valence-electron chi connectivity index (χ4n) is 2.03. The lowest BCUT2D eigenvalue weighted by atomic mass is 9.78. The molecule has 0 bridgehead atoms. The maximum absolute atomic E-state index is 2.38. The van der Waals surface area contributed by atoms with E-state index in [1.165, 1.54) is 32.1 Å². The smallest absolute Gasteiger partial charge is 0.0145 e. The molecule has 0 heterocycles. The van der Waals surface area contributed by atoms with E-state index < -0.39 is 0 Å². The summed E-state index contributed by atoms with van der Waals surface area (Å²) in [6.07, 6.45) is 8.87. The molecular weight excluding hydrogens is 156 g/mol. The Morgan fingerprint density at radius 2 is 1.77 bits per heavy atom. The van der Waals surface area contributed by atoms with Gasteiger partial charge in [-0.1, -0.05) is 52.2 Å². The molecule has 0 aliphatic heterocycles. The molecule has 0 rings (SSSR count). The van der Waals surface area contributed by atoms with Crippen LogP contribution in [0.3, 0.4) is 0 Å². The van der Waals surface area contributed by atoms with Crippen molar-refractivity contribution in [3.63, 3.8) is 0 Å². The van der Waals surface area contributed by atoms with E-state index in [-0.39, 0.29) is 0 Å². The summed E-state index contributed by atoms with van der Waals surface area (Å²) in [4.78, 5) is 0. The molecular formula is C13H26. The first-order valence-electron chi connectivity index (χ1n) is 5.74. The highest BCUT2D eigenvalue weighted by molar-refractivity contribution is 5.10. The summed E-state index contributed by atoms with van der Waals surface area (Å²) < 4.78 is 0. The minimum atomic E-state index is 0.429. The van der Waals surface area contributed by atoms with E-state index in [4.69, 9.17) is 0 Å². The van der Waals surface area contributed by atoms with Crippen LogP contribution in [0.15, 0.2) is 11.6 Å². The molecule has 0 saturated carbocycles. The van der Waals surface area contributed by atoms with Crippen molar-refractivity contribution in [2.75, 3.05) is 0 Å². The summed E-state index contributed by atoms with van der Waals surface area (Å²) in [7, 11) is 0. The Morgan fingerprint density at radius 3 is 2.15 bits per heavy atom. The molecule has 0 amide bonds. The van der Waals surface area contributed by atoms with Gasteiger partial charge in [0.1, 0.15) is 0 Å². The van der Waals surface area contributed by atoms with E-state index in [0.29, 0.717) is 5.41 Å². The zero-order chi connectivity index (χ0) is 10.3. The van der Waals surface area contributed by atoms with Gasteiger partial charge in [0.05, 0.1) is 0 Å². The van der Waals surface area contributed by atoms with Crippen LogP contribution in [0.5, 0.6) is 0 Å². The molecule has 0 fully saturated rings. The third-order valence-electron chi connectivity index (χ3n) is 2.89. The van der Waals surface area contributed by atoms with E-state index in [2.05, 4.69) is 40.7 Å². The van der Waals surface area contributed by atoms with Crippen molar-refractivity contribution in [2.45, 2.75) is 66.7 Å². The number of rotatable bonds is 6. The molecule has 0 nitrogen and oxygen atoms in total. The van der Waals surface area contributed by atoms with Crippen molar-refractivity contribution in [1.82, 2.24) is 0 Å². The monoisotopic (exact) mass is 182 g/mol. The molecule has 78 valence electrons. The van der Waals surface area contributed by atoms with E-state index in [1.54, 1.807) is 5.57 Å². The van der Waals surface area contributed by atoms with E-state index in [0.717, 1.165) is 0 Å². The minimum Gasteiger partial charge on any atom is -0.0879 e. The summed E-state index contributed by atoms with van der Waals surface area (Å²) in [5.41, 5.74) is 2.08. The van der Waals surface area contributed by atoms with Crippen LogP contribution in [-0.2, 0) is 0 Å². The molecule has 13 heavy (non-hydrogen) atoms. The van der Waals surface area contributed by atoms with Crippen molar-refractivity contribution >= 4 is 0 Å². The van der Waals surface area contributed by atoms with Crippen molar-refractivity contribution in [1.29, 1.82) is 0 Å². The van der Waals surface area contributed by atoms with Crippen LogP contribution >= 0.6 is 0 Å². The summed E-state index contributed by atoms with van der Waals surface area (Å²) in [6, 6.07) is 0. The zero-order valence-electron chi connectivity index (χ0n) is 10.1. The first kappa shape index (κ1) is 12.7. The number of hydrogen-bond acceptors (Lipinski definition) is 0. The van der Waals surface area contributed by atoms with Gasteiger partial charge in [-0.05, 0) is 31.6 Å². The summed E-state index contributed by atoms with van der Waals surface area (Å²) in [5, 5.41) is 0. The maximum Gasteiger partial charge on any atom is -0.0145 e. The molecule has 0 aromatic carbocycles. The predicted molar refractivity (Wildman–Crippen MR) is 62.0 cm³/mol. The molecule has 0 spiro atoms. The molecule has 0 aromatic heterocycles. The van der Waals surface area contributed by atoms with E-state index in [1.807, 2.05) is 0 Å². The Balaban J connectivity index is 4.21. The van der Waals surface area contributed by atoms with Crippen LogP contribution in [0.2, 0.25) is 0 Å². The summed E-state index contributed by atoms with van der Waals surface area (Å²) in [6.45, 7) is 11.5. The van der Waals surface area contributed by atoms with Crippen LogP contribution in [0.1, 0.15) is 66.7 Å². The number of allylic oxidation sites excluding steroid dienone is 2. The highest BCUT2D eigenvalue weighted by atomic mass is 14.3. The molecule has 0 aliphatic rings. The Bertz CT molecular complexity index is 151. The van der Waals surface area contributed by atoms with Gasteiger partial charge in [-0.25, -0.2) is 0 Å². The first-order valence-corrected chi connectivity index (χ1v) is 5.74. The third-order valence-corrected chi connectivity index (χ3v) is 2.89. The summed E-state index contributed by atoms with van der Waals surface area (Å²) >= 11 is 0. The lowest BCUT2D eigenvalue weighted by Gasteiger charge is -2.28. The second-order valence-corrected chi connectivity index (χ2v) is 4.55. The molecule has 0 unspecified atom stereocenters. The second-order valence-electron chi connectivity index (χ2n) is 4.55. The van der Waals surface area contributed by atoms with Gasteiger partial charge in [0.25, 0.3) is 0 Å². The Kier molecular flexibility index (Phi) is 6.11. The van der Waals surface area contributed by atoms with Crippen molar-refractivity contribution in [2.24, 2.45) is 5.41 Å². The summed E-state index contributed by atoms with van der Waals surface area (Å²) in [5.74, 6) is 0. The molecule has 0 saturated heterocycles. The Morgan fingerprint density at radius 1 is 1.15 bits per heavy atom. The first-order chi connectivity index (χ1) is 6.08. The predicted octanol–water partition coefficient (Wildman–Crippen LogP) is 4.95. The Hall–Kier alpha value is -0.260. The molecule has 0 radical (unpaired) electrons. The van der Waals surface area contributed by atoms with Gasteiger partial charge in [0.2, 0.25) is 0 Å². The van der Waals surface area contributed by atoms with Crippen molar-refractivity contribution in [3.05, 3.63) is 11.6 Å². The minimum absolute atomic E-state index is 0.429. The van der Waals surface area contributed by atoms with Crippen LogP contribution in [-0.4, -0.2) is 0 Å². The molecule has 0 atom stereocenters. The highest BCUT2D eigenvalue weighted by Gasteiger charge is 2.20. The van der Waals surface area contributed by atoms with E-state index in [9.17, 15) is 0 Å². The molecule has 0 aliphatic carbocycles. The van der Waals surface area contributed by atoms with Gasteiger partial charge < -0.3 is 0 Å². The zero-order valence-corrected chi connectivity index (χ0v) is 10.1. The fourth-order valence-corrected chi connectivity index (χ4v) is 2.03. The fraction of sp³-hybridized carbons (Fsp3) is 0.846. The molecule has 0 heteroatoms. The van der Waals surface area contributed by atoms with Gasteiger partial charge in [0.15, 0.2) is 0 Å². The van der Waals surface area contributed by atoms with Gasteiger partial charge >= 0.3 is 0 Å². The van der Waals surface area contributed by atoms with Crippen molar-refractivity contribution in [3.8, 4) is 0 Å². The largest absolute Gasteiger partial charge is 0.0879 e. The lowest BCUT2D eigenvalue weighted by molar-refractivity contribution is 0.385. The number of unbranched alkanes of at least 4 members (excludes halogenated alkanes) is 1. The molecule has 0 N–H and O–H groups in total. The number of hydrogen-bond donors (Lipinski definition) is 0. The van der Waals surface area contributed by atoms with Gasteiger partial charge in [0, 0.05) is 0 Å². The average Bonchev–Trinajstić information content (AvgIpc) is 2.05. The maximum atomic E-state index is 2.38. The van der Waals surface area contributed by atoms with Crippen molar-refractivity contribution < 1.29 is 0 Å². The third kappa shape index (κ3) is 4.50. The molecule has 0 aromatic rings. The normalized spacial score (nSPS) is 13.5. The van der Waals surface area contributed by atoms with Gasteiger partial charge in [-0.2, -0.15) is 0 Å². The van der Waals surface area contributed by atoms with E-state index >= 15 is 0 Å². The van der Waals surface area contributed by atoms with Crippen LogP contribution in [0, 0.1) is 5.41 Å². The van der Waals surface area contributed by atoms with Gasteiger partial charge in [-0.15, -0.1) is 0 Å². The lowest BCUT2D eigenvalue weighted by Crippen LogP contribution is -2.14. The standard InChI is InChI=1S/C13H26/c1-6-9-10-12(8-3)13(4,5)11-7-2/h8H,6-7,9-11H2,1-5H3/b12-8+. The van der Waals surface area contributed by atoms with Crippen LogP contribution in [0.25, 0.3) is 0 Å². The highest BCUT2D eigenvalue weighted by Crippen LogP contribution is 2.34. The Labute approximate surface area is 84.4 Å². The van der Waals surface area contributed by atoms with Gasteiger partial charge in [-0.3, -0.25) is 0 Å².